The van der Waals surface area contributed by atoms with Gasteiger partial charge in [0, 0.05) is 31.4 Å². The fraction of sp³-hybridized carbons (Fsp3) is 0.143. The summed E-state index contributed by atoms with van der Waals surface area (Å²) in [6, 6.07) is 23.1. The van der Waals surface area contributed by atoms with Crippen LogP contribution in [-0.2, 0) is 0 Å². The molecule has 0 spiro atoms. The summed E-state index contributed by atoms with van der Waals surface area (Å²) in [7, 11) is 8.16. The minimum absolute atomic E-state index is 0. The number of aromatic nitrogens is 1. The minimum Gasteiger partial charge on any atom is -1.00 e. The third-order valence-corrected chi connectivity index (χ3v) is 7.11. The monoisotopic (exact) mass is 503 g/mol. The summed E-state index contributed by atoms with van der Waals surface area (Å²) in [4.78, 5) is 8.27. The number of rotatable bonds is 3. The van der Waals surface area contributed by atoms with E-state index in [1.807, 2.05) is 52.5 Å². The highest BCUT2D eigenvalue weighted by Gasteiger charge is 2.20. The van der Waals surface area contributed by atoms with Crippen LogP contribution in [0.3, 0.4) is 0 Å². The van der Waals surface area contributed by atoms with Crippen LogP contribution in [0.2, 0.25) is 0 Å². The van der Waals surface area contributed by atoms with Crippen molar-refractivity contribution in [1.29, 1.82) is 0 Å². The van der Waals surface area contributed by atoms with Gasteiger partial charge < -0.3 is 27.5 Å². The van der Waals surface area contributed by atoms with Crippen molar-refractivity contribution >= 4 is 27.2 Å². The van der Waals surface area contributed by atoms with E-state index in [9.17, 15) is 10.2 Å². The molecule has 2 aliphatic rings. The maximum Gasteiger partial charge on any atom is 0.208 e. The highest BCUT2D eigenvalue weighted by molar-refractivity contribution is 7.22. The van der Waals surface area contributed by atoms with Gasteiger partial charge in [0.15, 0.2) is 0 Å². The Morgan fingerprint density at radius 3 is 1.97 bits per heavy atom. The van der Waals surface area contributed by atoms with Gasteiger partial charge in [0.1, 0.15) is 25.6 Å². The summed E-state index contributed by atoms with van der Waals surface area (Å²) in [6.07, 6.45) is 0. The van der Waals surface area contributed by atoms with Gasteiger partial charge in [0.25, 0.3) is 0 Å². The molecule has 0 saturated carbocycles. The van der Waals surface area contributed by atoms with Crippen molar-refractivity contribution in [2.75, 3.05) is 33.1 Å². The number of benzene rings is 4. The van der Waals surface area contributed by atoms with E-state index in [2.05, 4.69) is 33.7 Å². The Balaban J connectivity index is 0.00000289. The molecule has 5 nitrogen and oxygen atoms in total. The van der Waals surface area contributed by atoms with Crippen molar-refractivity contribution < 1.29 is 22.6 Å². The second-order valence-corrected chi connectivity index (χ2v) is 9.79. The van der Waals surface area contributed by atoms with Gasteiger partial charge in [-0.25, -0.2) is 9.56 Å². The lowest BCUT2D eigenvalue weighted by Gasteiger charge is -2.20. The molecular formula is C28H26ClN3O2S. The fourth-order valence-corrected chi connectivity index (χ4v) is 5.38. The van der Waals surface area contributed by atoms with Gasteiger partial charge in [-0.1, -0.05) is 24.3 Å². The number of nitrogens with zero attached hydrogens (tertiary/aromatic N) is 3. The number of phenols is 2. The normalized spacial score (nSPS) is 10.9. The number of halogens is 1. The molecule has 5 rings (SSSR count). The largest absolute Gasteiger partial charge is 1.00 e. The Morgan fingerprint density at radius 2 is 1.40 bits per heavy atom. The van der Waals surface area contributed by atoms with E-state index in [0.29, 0.717) is 0 Å². The van der Waals surface area contributed by atoms with E-state index in [-0.39, 0.29) is 23.9 Å². The Hall–Kier alpha value is -3.61. The van der Waals surface area contributed by atoms with Crippen molar-refractivity contribution in [2.24, 2.45) is 0 Å². The van der Waals surface area contributed by atoms with Gasteiger partial charge >= 0.3 is 0 Å². The molecule has 0 fully saturated rings. The molecule has 7 heteroatoms. The number of hydrogen-bond donors (Lipinski definition) is 2. The molecule has 0 unspecified atom stereocenters. The average molecular weight is 504 g/mol. The fourth-order valence-electron chi connectivity index (χ4n) is 4.24. The summed E-state index contributed by atoms with van der Waals surface area (Å²) in [5.41, 5.74) is 7.20. The van der Waals surface area contributed by atoms with Crippen molar-refractivity contribution in [3.8, 4) is 44.3 Å². The first kappa shape index (κ1) is 24.5. The Morgan fingerprint density at radius 1 is 0.800 bits per heavy atom. The molecule has 0 radical (unpaired) electrons. The topological polar surface area (TPSA) is 59.6 Å². The SMILES string of the molecule is CN(C)c1cc2sc3c(-c4ccc(O)cc4)c(=[N+](C)C)ccc-3nc2cc1-c1ccc(O)cc1.[Cl-]. The highest BCUT2D eigenvalue weighted by atomic mass is 35.5. The van der Waals surface area contributed by atoms with E-state index in [4.69, 9.17) is 4.98 Å². The van der Waals surface area contributed by atoms with Gasteiger partial charge in [0.2, 0.25) is 5.36 Å². The first-order valence-corrected chi connectivity index (χ1v) is 11.8. The van der Waals surface area contributed by atoms with Crippen LogP contribution in [0.5, 0.6) is 11.5 Å². The van der Waals surface area contributed by atoms with Crippen LogP contribution in [0, 0.1) is 0 Å². The second kappa shape index (κ2) is 9.56. The lowest BCUT2D eigenvalue weighted by Crippen LogP contribution is -3.00. The molecule has 0 atom stereocenters. The maximum atomic E-state index is 9.82. The average Bonchev–Trinajstić information content (AvgIpc) is 2.82. The van der Waals surface area contributed by atoms with Crippen LogP contribution < -0.4 is 27.2 Å². The summed E-state index contributed by atoms with van der Waals surface area (Å²) >= 11 is 1.73. The van der Waals surface area contributed by atoms with Crippen molar-refractivity contribution in [3.63, 3.8) is 0 Å². The Bertz CT molecular complexity index is 1560. The molecule has 0 saturated heterocycles. The number of phenolic OH excluding ortho intramolecular Hbond substituents is 2. The zero-order valence-electron chi connectivity index (χ0n) is 20.0. The molecule has 3 aromatic carbocycles. The van der Waals surface area contributed by atoms with Crippen LogP contribution in [0.25, 0.3) is 43.0 Å². The Labute approximate surface area is 214 Å². The number of fused-ring (bicyclic) bond motifs is 2. The smallest absolute Gasteiger partial charge is 0.208 e. The van der Waals surface area contributed by atoms with Gasteiger partial charge in [-0.3, -0.25) is 0 Å². The van der Waals surface area contributed by atoms with Gasteiger partial charge in [0.05, 0.1) is 26.4 Å². The van der Waals surface area contributed by atoms with Gasteiger partial charge in [-0.05, 0) is 53.6 Å². The molecule has 35 heavy (non-hydrogen) atoms. The van der Waals surface area contributed by atoms with E-state index < -0.39 is 0 Å². The van der Waals surface area contributed by atoms with Crippen LogP contribution >= 0.6 is 11.3 Å². The molecule has 1 aliphatic heterocycles. The third-order valence-electron chi connectivity index (χ3n) is 5.94. The lowest BCUT2D eigenvalue weighted by molar-refractivity contribution is -0.00000882. The summed E-state index contributed by atoms with van der Waals surface area (Å²) in [6.45, 7) is 0. The summed E-state index contributed by atoms with van der Waals surface area (Å²) in [5.74, 6) is 0.501. The molecular weight excluding hydrogens is 478 g/mol. The first-order valence-electron chi connectivity index (χ1n) is 11.0. The van der Waals surface area contributed by atoms with Crippen LogP contribution in [-0.4, -0.2) is 43.4 Å². The first-order chi connectivity index (χ1) is 16.3. The van der Waals surface area contributed by atoms with E-state index in [1.54, 1.807) is 35.6 Å². The summed E-state index contributed by atoms with van der Waals surface area (Å²) in [5, 5.41) is 20.6. The highest BCUT2D eigenvalue weighted by Crippen LogP contribution is 2.41. The number of anilines is 1. The maximum absolute atomic E-state index is 9.82. The molecule has 0 bridgehead atoms. The number of aromatic hydroxyl groups is 2. The predicted octanol–water partition coefficient (Wildman–Crippen LogP) is 2.25. The molecule has 0 amide bonds. The molecule has 0 aromatic heterocycles. The van der Waals surface area contributed by atoms with Crippen LogP contribution in [0.15, 0.2) is 72.8 Å². The molecule has 1 heterocycles. The van der Waals surface area contributed by atoms with E-state index in [0.717, 1.165) is 54.1 Å². The van der Waals surface area contributed by atoms with Gasteiger partial charge in [-0.2, -0.15) is 0 Å². The van der Waals surface area contributed by atoms with Crippen molar-refractivity contribution in [2.45, 2.75) is 0 Å². The van der Waals surface area contributed by atoms with E-state index in [1.165, 1.54) is 0 Å². The third kappa shape index (κ3) is 4.55. The molecule has 2 N–H and O–H groups in total. The van der Waals surface area contributed by atoms with Crippen molar-refractivity contribution in [3.05, 3.63) is 78.2 Å². The van der Waals surface area contributed by atoms with E-state index >= 15 is 0 Å². The minimum atomic E-state index is 0. The Kier molecular flexibility index (Phi) is 6.70. The number of hydrogen-bond acceptors (Lipinski definition) is 5. The second-order valence-electron chi connectivity index (χ2n) is 8.74. The molecule has 1 aliphatic carbocycles. The van der Waals surface area contributed by atoms with Crippen LogP contribution in [0.4, 0.5) is 5.69 Å². The van der Waals surface area contributed by atoms with Gasteiger partial charge in [-0.15, -0.1) is 11.3 Å². The lowest BCUT2D eigenvalue weighted by atomic mass is 10.0. The predicted molar refractivity (Wildman–Crippen MR) is 142 cm³/mol. The van der Waals surface area contributed by atoms with Crippen molar-refractivity contribution in [1.82, 2.24) is 9.56 Å². The summed E-state index contributed by atoms with van der Waals surface area (Å²) < 4.78 is 3.20. The zero-order chi connectivity index (χ0) is 24.0. The quantitative estimate of drug-likeness (QED) is 0.293. The standard InChI is InChI=1S/C28H25N3O2S.ClH/c1-30(2)24-14-13-22-28(27(24)18-7-11-20(33)12-8-18)34-26-16-25(31(3)4)21(15-23(26)29-22)17-5-9-19(32)10-6-17;/h5-16H,1-4H3,(H-,29,32,33);1H. The molecule has 178 valence electrons. The van der Waals surface area contributed by atoms with Crippen LogP contribution in [0.1, 0.15) is 0 Å². The zero-order valence-corrected chi connectivity index (χ0v) is 21.5. The molecule has 3 aromatic rings.